The Morgan fingerprint density at radius 2 is 1.93 bits per heavy atom. The Morgan fingerprint density at radius 1 is 1.22 bits per heavy atom. The largest absolute Gasteiger partial charge is 0.354 e. The zero-order valence-corrected chi connectivity index (χ0v) is 16.2. The minimum Gasteiger partial charge on any atom is -0.354 e. The molecule has 0 bridgehead atoms. The molecule has 8 nitrogen and oxygen atoms in total. The number of amides is 2. The summed E-state index contributed by atoms with van der Waals surface area (Å²) in [6.45, 7) is 2.91. The second-order valence-electron chi connectivity index (χ2n) is 7.13. The molecule has 2 heterocycles. The molecule has 148 valence electrons. The van der Waals surface area contributed by atoms with Gasteiger partial charge in [0.1, 0.15) is 0 Å². The number of piperazine rings is 1. The Bertz CT molecular complexity index is 807. The van der Waals surface area contributed by atoms with Crippen molar-refractivity contribution < 1.29 is 18.0 Å². The number of sulfonamides is 1. The van der Waals surface area contributed by atoms with Crippen LogP contribution >= 0.6 is 0 Å². The van der Waals surface area contributed by atoms with E-state index in [-0.39, 0.29) is 41.9 Å². The molecule has 1 aromatic carbocycles. The van der Waals surface area contributed by atoms with Gasteiger partial charge in [-0.15, -0.1) is 0 Å². The number of hydrogen-bond donors (Lipinski definition) is 2. The molecule has 2 atom stereocenters. The maximum absolute atomic E-state index is 12.9. The van der Waals surface area contributed by atoms with Gasteiger partial charge in [0.25, 0.3) is 5.91 Å². The molecule has 2 fully saturated rings. The van der Waals surface area contributed by atoms with Crippen molar-refractivity contribution in [2.45, 2.75) is 43.2 Å². The number of piperidine rings is 1. The number of carbonyl (C=O) groups excluding carboxylic acids is 2. The molecule has 2 aliphatic rings. The molecule has 27 heavy (non-hydrogen) atoms. The van der Waals surface area contributed by atoms with Crippen molar-refractivity contribution in [1.82, 2.24) is 14.5 Å². The molecule has 0 radical (unpaired) electrons. The molecule has 0 aliphatic carbocycles. The second-order valence-corrected chi connectivity index (χ2v) is 9.07. The molecule has 3 rings (SSSR count). The summed E-state index contributed by atoms with van der Waals surface area (Å²) in [4.78, 5) is 26.2. The lowest BCUT2D eigenvalue weighted by Crippen LogP contribution is -2.51. The highest BCUT2D eigenvalue weighted by atomic mass is 32.2. The fourth-order valence-electron chi connectivity index (χ4n) is 3.66. The number of carbonyl (C=O) groups is 2. The van der Waals surface area contributed by atoms with Crippen LogP contribution in [0.5, 0.6) is 0 Å². The van der Waals surface area contributed by atoms with Gasteiger partial charge >= 0.3 is 0 Å². The van der Waals surface area contributed by atoms with Crippen LogP contribution in [0.15, 0.2) is 29.2 Å². The van der Waals surface area contributed by atoms with Crippen LogP contribution in [0.25, 0.3) is 0 Å². The normalized spacial score (nSPS) is 23.0. The van der Waals surface area contributed by atoms with Gasteiger partial charge in [-0.2, -0.15) is 4.31 Å². The first kappa shape index (κ1) is 19.8. The van der Waals surface area contributed by atoms with Gasteiger partial charge in [0.15, 0.2) is 0 Å². The first-order valence-electron chi connectivity index (χ1n) is 9.24. The number of rotatable bonds is 4. The maximum Gasteiger partial charge on any atom is 0.254 e. The summed E-state index contributed by atoms with van der Waals surface area (Å²) in [5.41, 5.74) is 6.48. The van der Waals surface area contributed by atoms with E-state index >= 15 is 0 Å². The summed E-state index contributed by atoms with van der Waals surface area (Å²) in [7, 11) is -3.76. The van der Waals surface area contributed by atoms with E-state index in [1.807, 2.05) is 6.92 Å². The second kappa shape index (κ2) is 7.95. The van der Waals surface area contributed by atoms with E-state index in [0.717, 1.165) is 23.6 Å². The summed E-state index contributed by atoms with van der Waals surface area (Å²) in [6.07, 6.45) is 2.88. The van der Waals surface area contributed by atoms with Crippen molar-refractivity contribution in [1.29, 1.82) is 0 Å². The number of hydrogen-bond acceptors (Lipinski definition) is 5. The molecule has 0 spiro atoms. The zero-order chi connectivity index (χ0) is 19.6. The van der Waals surface area contributed by atoms with Gasteiger partial charge in [0.2, 0.25) is 15.9 Å². The van der Waals surface area contributed by atoms with Crippen molar-refractivity contribution in [2.24, 2.45) is 5.73 Å². The standard InChI is InChI=1S/C18H26N4O4S/c1-13(19)16-4-2-3-10-22(16)18(24)14-5-7-15(8-6-14)27(25,26)21-11-9-20-17(23)12-21/h5-8,13,16H,2-4,9-12,19H2,1H3,(H,20,23). The highest BCUT2D eigenvalue weighted by Crippen LogP contribution is 2.23. The Labute approximate surface area is 159 Å². The van der Waals surface area contributed by atoms with Crippen LogP contribution in [0.3, 0.4) is 0 Å². The number of nitrogens with one attached hydrogen (secondary N) is 1. The van der Waals surface area contributed by atoms with Gasteiger partial charge in [-0.1, -0.05) is 0 Å². The molecular formula is C18H26N4O4S. The highest BCUT2D eigenvalue weighted by Gasteiger charge is 2.31. The molecule has 3 N–H and O–H groups in total. The van der Waals surface area contributed by atoms with Gasteiger partial charge in [0, 0.05) is 37.3 Å². The van der Waals surface area contributed by atoms with Gasteiger partial charge in [0.05, 0.1) is 11.4 Å². The van der Waals surface area contributed by atoms with E-state index in [9.17, 15) is 18.0 Å². The lowest BCUT2D eigenvalue weighted by Gasteiger charge is -2.38. The third-order valence-electron chi connectivity index (χ3n) is 5.16. The van der Waals surface area contributed by atoms with Crippen LogP contribution in [0.1, 0.15) is 36.5 Å². The van der Waals surface area contributed by atoms with E-state index in [2.05, 4.69) is 5.32 Å². The summed E-state index contributed by atoms with van der Waals surface area (Å²) in [6, 6.07) is 5.82. The van der Waals surface area contributed by atoms with Crippen molar-refractivity contribution in [3.8, 4) is 0 Å². The van der Waals surface area contributed by atoms with E-state index in [1.165, 1.54) is 24.3 Å². The van der Waals surface area contributed by atoms with Gasteiger partial charge in [-0.25, -0.2) is 8.42 Å². The number of nitrogens with zero attached hydrogens (tertiary/aromatic N) is 2. The lowest BCUT2D eigenvalue weighted by atomic mass is 9.96. The van der Waals surface area contributed by atoms with Crippen LogP contribution in [0.2, 0.25) is 0 Å². The van der Waals surface area contributed by atoms with Crippen LogP contribution < -0.4 is 11.1 Å². The predicted molar refractivity (Wildman–Crippen MR) is 101 cm³/mol. The SMILES string of the molecule is CC(N)C1CCCCN1C(=O)c1ccc(S(=O)(=O)N2CCNC(=O)C2)cc1. The Morgan fingerprint density at radius 3 is 2.56 bits per heavy atom. The molecule has 2 unspecified atom stereocenters. The predicted octanol–water partition coefficient (Wildman–Crippen LogP) is 0.149. The molecule has 2 amide bonds. The Kier molecular flexibility index (Phi) is 5.83. The smallest absolute Gasteiger partial charge is 0.254 e. The fourth-order valence-corrected chi connectivity index (χ4v) is 5.06. The van der Waals surface area contributed by atoms with Crippen molar-refractivity contribution >= 4 is 21.8 Å². The average molecular weight is 394 g/mol. The lowest BCUT2D eigenvalue weighted by molar-refractivity contribution is -0.122. The summed E-state index contributed by atoms with van der Waals surface area (Å²) in [5, 5.41) is 2.60. The zero-order valence-electron chi connectivity index (χ0n) is 15.4. The van der Waals surface area contributed by atoms with E-state index in [0.29, 0.717) is 18.7 Å². The Balaban J connectivity index is 1.78. The van der Waals surface area contributed by atoms with E-state index < -0.39 is 10.0 Å². The molecular weight excluding hydrogens is 368 g/mol. The van der Waals surface area contributed by atoms with Gasteiger partial charge in [-0.3, -0.25) is 9.59 Å². The van der Waals surface area contributed by atoms with Crippen LogP contribution in [0.4, 0.5) is 0 Å². The minimum absolute atomic E-state index is 0.00141. The van der Waals surface area contributed by atoms with Crippen LogP contribution in [-0.2, 0) is 14.8 Å². The molecule has 9 heteroatoms. The summed E-state index contributed by atoms with van der Waals surface area (Å²) in [5.74, 6) is -0.443. The fraction of sp³-hybridized carbons (Fsp3) is 0.556. The monoisotopic (exact) mass is 394 g/mol. The minimum atomic E-state index is -3.76. The third kappa shape index (κ3) is 4.15. The maximum atomic E-state index is 12.9. The third-order valence-corrected chi connectivity index (χ3v) is 7.02. The number of likely N-dealkylation sites (tertiary alicyclic amines) is 1. The highest BCUT2D eigenvalue weighted by molar-refractivity contribution is 7.89. The number of benzene rings is 1. The first-order chi connectivity index (χ1) is 12.8. The molecule has 0 aromatic heterocycles. The summed E-state index contributed by atoms with van der Waals surface area (Å²) >= 11 is 0. The Hall–Kier alpha value is -1.97. The average Bonchev–Trinajstić information content (AvgIpc) is 2.67. The quantitative estimate of drug-likeness (QED) is 0.755. The molecule has 1 aromatic rings. The van der Waals surface area contributed by atoms with Crippen LogP contribution in [0, 0.1) is 0 Å². The van der Waals surface area contributed by atoms with Crippen LogP contribution in [-0.4, -0.2) is 67.7 Å². The van der Waals surface area contributed by atoms with Gasteiger partial charge < -0.3 is 16.0 Å². The molecule has 2 saturated heterocycles. The summed E-state index contributed by atoms with van der Waals surface area (Å²) < 4.78 is 26.5. The number of nitrogens with two attached hydrogens (primary N) is 1. The van der Waals surface area contributed by atoms with Crippen molar-refractivity contribution in [2.75, 3.05) is 26.2 Å². The topological polar surface area (TPSA) is 113 Å². The molecule has 0 saturated carbocycles. The van der Waals surface area contributed by atoms with E-state index in [4.69, 9.17) is 5.73 Å². The molecule has 2 aliphatic heterocycles. The van der Waals surface area contributed by atoms with E-state index in [1.54, 1.807) is 4.90 Å². The van der Waals surface area contributed by atoms with Crippen molar-refractivity contribution in [3.05, 3.63) is 29.8 Å². The van der Waals surface area contributed by atoms with Gasteiger partial charge in [-0.05, 0) is 50.5 Å². The van der Waals surface area contributed by atoms with Crippen molar-refractivity contribution in [3.63, 3.8) is 0 Å². The first-order valence-corrected chi connectivity index (χ1v) is 10.7.